The minimum atomic E-state index is -0.440. The van der Waals surface area contributed by atoms with E-state index in [1.165, 1.54) is 0 Å². The fraction of sp³-hybridized carbons (Fsp3) is 0.263. The summed E-state index contributed by atoms with van der Waals surface area (Å²) in [6, 6.07) is 12.0. The third kappa shape index (κ3) is 4.97. The Morgan fingerprint density at radius 3 is 2.04 bits per heavy atom. The van der Waals surface area contributed by atoms with E-state index in [-0.39, 0.29) is 5.91 Å². The van der Waals surface area contributed by atoms with Crippen molar-refractivity contribution in [2.75, 3.05) is 13.2 Å². The molecule has 0 spiro atoms. The third-order valence-electron chi connectivity index (χ3n) is 3.38. The second-order valence-corrected chi connectivity index (χ2v) is 5.31. The van der Waals surface area contributed by atoms with Crippen LogP contribution in [0.15, 0.2) is 42.5 Å². The molecule has 6 heteroatoms. The number of hydrogen-bond donors (Lipinski definition) is 2. The lowest BCUT2D eigenvalue weighted by molar-refractivity contribution is 0.0846. The maximum absolute atomic E-state index is 12.3. The van der Waals surface area contributed by atoms with Crippen molar-refractivity contribution in [2.45, 2.75) is 20.8 Å². The average molecular weight is 342 g/mol. The maximum atomic E-state index is 12.3. The first-order valence-electron chi connectivity index (χ1n) is 8.12. The predicted octanol–water partition coefficient (Wildman–Crippen LogP) is 2.87. The van der Waals surface area contributed by atoms with E-state index in [0.29, 0.717) is 35.8 Å². The van der Waals surface area contributed by atoms with Gasteiger partial charge in [-0.15, -0.1) is 0 Å². The van der Waals surface area contributed by atoms with Crippen LogP contribution >= 0.6 is 0 Å². The van der Waals surface area contributed by atoms with E-state index in [4.69, 9.17) is 9.47 Å². The molecule has 0 saturated heterocycles. The molecule has 2 amide bonds. The fourth-order valence-electron chi connectivity index (χ4n) is 2.24. The van der Waals surface area contributed by atoms with E-state index in [2.05, 4.69) is 10.9 Å². The number of nitrogens with one attached hydrogen (secondary N) is 2. The highest BCUT2D eigenvalue weighted by atomic mass is 16.5. The Bertz CT molecular complexity index is 759. The lowest BCUT2D eigenvalue weighted by atomic mass is 10.1. The number of carbonyl (C=O) groups excluding carboxylic acids is 2. The largest absolute Gasteiger partial charge is 0.490 e. The summed E-state index contributed by atoms with van der Waals surface area (Å²) in [5.74, 6) is 0.240. The van der Waals surface area contributed by atoms with Crippen molar-refractivity contribution in [3.05, 3.63) is 59.2 Å². The second kappa shape index (κ2) is 8.73. The molecular weight excluding hydrogens is 320 g/mol. The zero-order valence-corrected chi connectivity index (χ0v) is 14.6. The van der Waals surface area contributed by atoms with Crippen LogP contribution in [0.5, 0.6) is 11.5 Å². The minimum absolute atomic E-state index is 0.358. The highest BCUT2D eigenvalue weighted by Crippen LogP contribution is 2.28. The number of hydrogen-bond acceptors (Lipinski definition) is 4. The van der Waals surface area contributed by atoms with Gasteiger partial charge in [-0.05, 0) is 51.1 Å². The summed E-state index contributed by atoms with van der Waals surface area (Å²) >= 11 is 0. The Morgan fingerprint density at radius 2 is 1.44 bits per heavy atom. The second-order valence-electron chi connectivity index (χ2n) is 5.31. The van der Waals surface area contributed by atoms with Crippen LogP contribution in [0.1, 0.15) is 40.1 Å². The molecule has 25 heavy (non-hydrogen) atoms. The van der Waals surface area contributed by atoms with Gasteiger partial charge in [0.15, 0.2) is 11.5 Å². The molecule has 0 unspecified atom stereocenters. The number of amides is 2. The van der Waals surface area contributed by atoms with Gasteiger partial charge in [-0.2, -0.15) is 0 Å². The molecule has 0 saturated carbocycles. The van der Waals surface area contributed by atoms with Crippen LogP contribution in [0.25, 0.3) is 0 Å². The molecule has 132 valence electrons. The van der Waals surface area contributed by atoms with Gasteiger partial charge in [0, 0.05) is 11.1 Å². The number of aryl methyl sites for hydroxylation is 1. The molecule has 2 N–H and O–H groups in total. The van der Waals surface area contributed by atoms with Crippen molar-refractivity contribution >= 4 is 11.8 Å². The van der Waals surface area contributed by atoms with Crippen LogP contribution in [-0.2, 0) is 0 Å². The summed E-state index contributed by atoms with van der Waals surface area (Å²) in [5.41, 5.74) is 6.60. The van der Waals surface area contributed by atoms with Crippen molar-refractivity contribution in [3.63, 3.8) is 0 Å². The van der Waals surface area contributed by atoms with Crippen LogP contribution in [-0.4, -0.2) is 25.0 Å². The molecule has 0 aliphatic carbocycles. The number of carbonyl (C=O) groups is 2. The third-order valence-corrected chi connectivity index (χ3v) is 3.38. The monoisotopic (exact) mass is 342 g/mol. The quantitative estimate of drug-likeness (QED) is 0.792. The average Bonchev–Trinajstić information content (AvgIpc) is 2.61. The number of hydrazine groups is 1. The Morgan fingerprint density at radius 1 is 0.840 bits per heavy atom. The van der Waals surface area contributed by atoms with Gasteiger partial charge in [0.25, 0.3) is 11.8 Å². The highest BCUT2D eigenvalue weighted by Gasteiger charge is 2.13. The number of ether oxygens (including phenoxy) is 2. The lowest BCUT2D eigenvalue weighted by Gasteiger charge is -2.13. The Kier molecular flexibility index (Phi) is 6.39. The Balaban J connectivity index is 2.05. The topological polar surface area (TPSA) is 76.7 Å². The van der Waals surface area contributed by atoms with E-state index < -0.39 is 5.91 Å². The molecule has 0 bridgehead atoms. The van der Waals surface area contributed by atoms with Gasteiger partial charge >= 0.3 is 0 Å². The van der Waals surface area contributed by atoms with E-state index in [9.17, 15) is 9.59 Å². The molecule has 0 atom stereocenters. The molecule has 0 aliphatic rings. The van der Waals surface area contributed by atoms with Gasteiger partial charge < -0.3 is 9.47 Å². The summed E-state index contributed by atoms with van der Waals surface area (Å²) < 4.78 is 11.0. The van der Waals surface area contributed by atoms with Crippen LogP contribution in [0, 0.1) is 6.92 Å². The fourth-order valence-corrected chi connectivity index (χ4v) is 2.24. The first-order chi connectivity index (χ1) is 12.0. The Labute approximate surface area is 147 Å². The van der Waals surface area contributed by atoms with Crippen LogP contribution in [0.4, 0.5) is 0 Å². The maximum Gasteiger partial charge on any atom is 0.269 e. The molecular formula is C19H22N2O4. The molecule has 0 radical (unpaired) electrons. The zero-order chi connectivity index (χ0) is 18.2. The molecule has 0 heterocycles. The normalized spacial score (nSPS) is 10.0. The van der Waals surface area contributed by atoms with Gasteiger partial charge in [-0.1, -0.05) is 17.7 Å². The van der Waals surface area contributed by atoms with E-state index in [1.54, 1.807) is 36.4 Å². The predicted molar refractivity (Wildman–Crippen MR) is 94.9 cm³/mol. The standard InChI is InChI=1S/C19H22N2O4/c1-4-24-16-10-9-15(12-17(16)25-5-2)19(23)21-20-18(22)14-8-6-7-13(3)11-14/h6-12H,4-5H2,1-3H3,(H,20,22)(H,21,23). The zero-order valence-electron chi connectivity index (χ0n) is 14.6. The van der Waals surface area contributed by atoms with E-state index >= 15 is 0 Å². The van der Waals surface area contributed by atoms with Crippen molar-refractivity contribution < 1.29 is 19.1 Å². The van der Waals surface area contributed by atoms with Gasteiger partial charge in [-0.3, -0.25) is 20.4 Å². The molecule has 6 nitrogen and oxygen atoms in total. The molecule has 0 aliphatic heterocycles. The van der Waals surface area contributed by atoms with Crippen LogP contribution in [0.2, 0.25) is 0 Å². The smallest absolute Gasteiger partial charge is 0.269 e. The molecule has 2 rings (SSSR count). The number of benzene rings is 2. The number of rotatable bonds is 6. The summed E-state index contributed by atoms with van der Waals surface area (Å²) in [7, 11) is 0. The lowest BCUT2D eigenvalue weighted by Crippen LogP contribution is -2.41. The van der Waals surface area contributed by atoms with Gasteiger partial charge in [0.05, 0.1) is 13.2 Å². The van der Waals surface area contributed by atoms with Crippen LogP contribution in [0.3, 0.4) is 0 Å². The van der Waals surface area contributed by atoms with Gasteiger partial charge in [0.1, 0.15) is 0 Å². The first kappa shape index (κ1) is 18.3. The van der Waals surface area contributed by atoms with Crippen molar-refractivity contribution in [3.8, 4) is 11.5 Å². The summed E-state index contributed by atoms with van der Waals surface area (Å²) in [6.07, 6.45) is 0. The summed E-state index contributed by atoms with van der Waals surface area (Å²) in [6.45, 7) is 6.57. The SMILES string of the molecule is CCOc1ccc(C(=O)NNC(=O)c2cccc(C)c2)cc1OCC. The Hall–Kier alpha value is -3.02. The van der Waals surface area contributed by atoms with E-state index in [0.717, 1.165) is 5.56 Å². The van der Waals surface area contributed by atoms with Crippen molar-refractivity contribution in [2.24, 2.45) is 0 Å². The molecule has 2 aromatic carbocycles. The highest BCUT2D eigenvalue weighted by molar-refractivity contribution is 5.99. The van der Waals surface area contributed by atoms with Gasteiger partial charge in [-0.25, -0.2) is 0 Å². The molecule has 0 fully saturated rings. The van der Waals surface area contributed by atoms with E-state index in [1.807, 2.05) is 26.8 Å². The first-order valence-corrected chi connectivity index (χ1v) is 8.12. The summed E-state index contributed by atoms with van der Waals surface area (Å²) in [5, 5.41) is 0. The molecule has 2 aromatic rings. The minimum Gasteiger partial charge on any atom is -0.490 e. The summed E-state index contributed by atoms with van der Waals surface area (Å²) in [4.78, 5) is 24.3. The van der Waals surface area contributed by atoms with Gasteiger partial charge in [0.2, 0.25) is 0 Å². The van der Waals surface area contributed by atoms with Crippen molar-refractivity contribution in [1.82, 2.24) is 10.9 Å². The van der Waals surface area contributed by atoms with Crippen molar-refractivity contribution in [1.29, 1.82) is 0 Å². The molecule has 0 aromatic heterocycles. The van der Waals surface area contributed by atoms with Crippen LogP contribution < -0.4 is 20.3 Å².